The Morgan fingerprint density at radius 3 is 2.35 bits per heavy atom. The number of guanidine groups is 1. The van der Waals surface area contributed by atoms with Crippen LogP contribution in [0.1, 0.15) is 31.7 Å². The van der Waals surface area contributed by atoms with E-state index in [9.17, 15) is 0 Å². The lowest BCUT2D eigenvalue weighted by Gasteiger charge is -2.12. The van der Waals surface area contributed by atoms with Gasteiger partial charge in [0.05, 0.1) is 6.61 Å². The van der Waals surface area contributed by atoms with Gasteiger partial charge in [-0.2, -0.15) is 0 Å². The van der Waals surface area contributed by atoms with Gasteiger partial charge >= 0.3 is 0 Å². The molecule has 1 rings (SSSR count). The summed E-state index contributed by atoms with van der Waals surface area (Å²) >= 11 is 0. The van der Waals surface area contributed by atoms with Crippen LogP contribution in [0.2, 0.25) is 0 Å². The molecule has 0 saturated heterocycles. The molecule has 23 heavy (non-hydrogen) atoms. The summed E-state index contributed by atoms with van der Waals surface area (Å²) in [6, 6.07) is 8.13. The third-order valence-electron chi connectivity index (χ3n) is 3.34. The van der Waals surface area contributed by atoms with Crippen molar-refractivity contribution >= 4 is 5.96 Å². The van der Waals surface area contributed by atoms with Crippen molar-refractivity contribution in [3.8, 4) is 5.75 Å². The van der Waals surface area contributed by atoms with Gasteiger partial charge < -0.3 is 20.1 Å². The van der Waals surface area contributed by atoms with Gasteiger partial charge in [0.2, 0.25) is 0 Å². The zero-order valence-corrected chi connectivity index (χ0v) is 14.7. The minimum atomic E-state index is 0.696. The third kappa shape index (κ3) is 9.79. The lowest BCUT2D eigenvalue weighted by molar-refractivity contribution is 0.143. The Kier molecular flexibility index (Phi) is 10.7. The molecule has 0 atom stereocenters. The summed E-state index contributed by atoms with van der Waals surface area (Å²) < 4.78 is 11.0. The number of ether oxygens (including phenoxy) is 2. The van der Waals surface area contributed by atoms with E-state index < -0.39 is 0 Å². The van der Waals surface area contributed by atoms with Crippen molar-refractivity contribution in [1.82, 2.24) is 10.6 Å². The van der Waals surface area contributed by atoms with E-state index in [4.69, 9.17) is 9.47 Å². The van der Waals surface area contributed by atoms with Gasteiger partial charge in [-0.15, -0.1) is 0 Å². The minimum Gasteiger partial charge on any atom is -0.494 e. The van der Waals surface area contributed by atoms with Crippen LogP contribution < -0.4 is 15.4 Å². The number of unbranched alkanes of at least 4 members (excludes halogenated alkanes) is 1. The minimum absolute atomic E-state index is 0.696. The third-order valence-corrected chi connectivity index (χ3v) is 3.34. The molecule has 0 unspecified atom stereocenters. The number of rotatable bonds is 11. The number of nitrogens with zero attached hydrogens (tertiary/aromatic N) is 1. The zero-order valence-electron chi connectivity index (χ0n) is 14.7. The van der Waals surface area contributed by atoms with E-state index in [2.05, 4.69) is 34.7 Å². The first-order valence-electron chi connectivity index (χ1n) is 8.48. The molecule has 0 aliphatic rings. The van der Waals surface area contributed by atoms with E-state index >= 15 is 0 Å². The molecular weight excluding hydrogens is 290 g/mol. The molecule has 0 fully saturated rings. The first-order chi connectivity index (χ1) is 11.3. The van der Waals surface area contributed by atoms with Gasteiger partial charge in [0.15, 0.2) is 5.96 Å². The topological polar surface area (TPSA) is 54.9 Å². The maximum atomic E-state index is 5.70. The summed E-state index contributed by atoms with van der Waals surface area (Å²) in [5.41, 5.74) is 1.25. The number of hydrogen-bond donors (Lipinski definition) is 2. The normalized spacial score (nSPS) is 11.3. The van der Waals surface area contributed by atoms with Gasteiger partial charge in [-0.25, -0.2) is 0 Å². The molecule has 0 amide bonds. The summed E-state index contributed by atoms with van der Waals surface area (Å²) in [7, 11) is 1.79. The second-order valence-corrected chi connectivity index (χ2v) is 5.34. The van der Waals surface area contributed by atoms with Crippen molar-refractivity contribution in [3.63, 3.8) is 0 Å². The standard InChI is InChI=1S/C18H31N3O2/c1-4-22-14-6-5-12-20-18(19-3)21-13-7-15-23-17-10-8-16(2)9-11-17/h8-11H,4-7,12-15H2,1-3H3,(H2,19,20,21). The van der Waals surface area contributed by atoms with Crippen LogP contribution >= 0.6 is 0 Å². The Balaban J connectivity index is 2.03. The van der Waals surface area contributed by atoms with Crippen molar-refractivity contribution in [1.29, 1.82) is 0 Å². The second-order valence-electron chi connectivity index (χ2n) is 5.34. The Labute approximate surface area is 140 Å². The van der Waals surface area contributed by atoms with E-state index in [0.717, 1.165) is 57.3 Å². The van der Waals surface area contributed by atoms with Crippen molar-refractivity contribution in [2.45, 2.75) is 33.1 Å². The first-order valence-corrected chi connectivity index (χ1v) is 8.48. The summed E-state index contributed by atoms with van der Waals surface area (Å²) in [6.07, 6.45) is 3.08. The number of benzene rings is 1. The first kappa shape index (κ1) is 19.3. The van der Waals surface area contributed by atoms with Crippen LogP contribution in [0, 0.1) is 6.92 Å². The molecule has 0 radical (unpaired) electrons. The quantitative estimate of drug-likeness (QED) is 0.374. The molecule has 0 aliphatic carbocycles. The van der Waals surface area contributed by atoms with Crippen molar-refractivity contribution in [2.24, 2.45) is 4.99 Å². The van der Waals surface area contributed by atoms with Crippen LogP contribution in [0.5, 0.6) is 5.75 Å². The molecule has 2 N–H and O–H groups in total. The Hall–Kier alpha value is -1.75. The molecule has 0 bridgehead atoms. The molecule has 1 aromatic carbocycles. The van der Waals surface area contributed by atoms with E-state index in [0.29, 0.717) is 6.61 Å². The predicted molar refractivity (Wildman–Crippen MR) is 96.4 cm³/mol. The van der Waals surface area contributed by atoms with Crippen LogP contribution in [-0.2, 0) is 4.74 Å². The molecule has 130 valence electrons. The van der Waals surface area contributed by atoms with Gasteiger partial charge in [-0.05, 0) is 45.2 Å². The van der Waals surface area contributed by atoms with Gasteiger partial charge in [-0.1, -0.05) is 17.7 Å². The fraction of sp³-hybridized carbons (Fsp3) is 0.611. The van der Waals surface area contributed by atoms with Gasteiger partial charge in [0.1, 0.15) is 5.75 Å². The molecule has 0 saturated carbocycles. The number of hydrogen-bond acceptors (Lipinski definition) is 3. The summed E-state index contributed by atoms with van der Waals surface area (Å²) in [5.74, 6) is 1.77. The van der Waals surface area contributed by atoms with E-state index in [1.807, 2.05) is 19.1 Å². The van der Waals surface area contributed by atoms with E-state index in [1.54, 1.807) is 7.05 Å². The van der Waals surface area contributed by atoms with Crippen LogP contribution in [0.3, 0.4) is 0 Å². The second kappa shape index (κ2) is 12.8. The molecule has 1 aromatic rings. The summed E-state index contributed by atoms with van der Waals surface area (Å²) in [4.78, 5) is 4.21. The van der Waals surface area contributed by atoms with Crippen molar-refractivity contribution in [3.05, 3.63) is 29.8 Å². The van der Waals surface area contributed by atoms with Crippen molar-refractivity contribution in [2.75, 3.05) is 40.0 Å². The Morgan fingerprint density at radius 2 is 1.70 bits per heavy atom. The highest BCUT2D eigenvalue weighted by atomic mass is 16.5. The number of aliphatic imine (C=N–C) groups is 1. The largest absolute Gasteiger partial charge is 0.494 e. The molecule has 0 aromatic heterocycles. The smallest absolute Gasteiger partial charge is 0.190 e. The molecule has 0 aliphatic heterocycles. The Bertz CT molecular complexity index is 432. The highest BCUT2D eigenvalue weighted by Gasteiger charge is 1.97. The maximum Gasteiger partial charge on any atom is 0.190 e. The average Bonchev–Trinajstić information content (AvgIpc) is 2.57. The molecule has 5 heteroatoms. The highest BCUT2D eigenvalue weighted by molar-refractivity contribution is 5.79. The zero-order chi connectivity index (χ0) is 16.8. The number of nitrogens with one attached hydrogen (secondary N) is 2. The van der Waals surface area contributed by atoms with Crippen LogP contribution in [0.25, 0.3) is 0 Å². The highest BCUT2D eigenvalue weighted by Crippen LogP contribution is 2.11. The van der Waals surface area contributed by atoms with Gasteiger partial charge in [-0.3, -0.25) is 4.99 Å². The van der Waals surface area contributed by atoms with E-state index in [-0.39, 0.29) is 0 Å². The monoisotopic (exact) mass is 321 g/mol. The van der Waals surface area contributed by atoms with Crippen molar-refractivity contribution < 1.29 is 9.47 Å². The van der Waals surface area contributed by atoms with E-state index in [1.165, 1.54) is 5.56 Å². The lowest BCUT2D eigenvalue weighted by atomic mass is 10.2. The van der Waals surface area contributed by atoms with Crippen LogP contribution in [-0.4, -0.2) is 45.9 Å². The summed E-state index contributed by atoms with van der Waals surface area (Å²) in [6.45, 7) is 8.16. The average molecular weight is 321 g/mol. The maximum absolute atomic E-state index is 5.70. The summed E-state index contributed by atoms with van der Waals surface area (Å²) in [5, 5.41) is 6.60. The molecule has 0 spiro atoms. The van der Waals surface area contributed by atoms with Gasteiger partial charge in [0, 0.05) is 33.4 Å². The molecular formula is C18H31N3O2. The van der Waals surface area contributed by atoms with Crippen LogP contribution in [0.15, 0.2) is 29.3 Å². The fourth-order valence-electron chi connectivity index (χ4n) is 2.00. The fourth-order valence-corrected chi connectivity index (χ4v) is 2.00. The van der Waals surface area contributed by atoms with Gasteiger partial charge in [0.25, 0.3) is 0 Å². The molecule has 5 nitrogen and oxygen atoms in total. The molecule has 0 heterocycles. The Morgan fingerprint density at radius 1 is 1.00 bits per heavy atom. The number of aryl methyl sites for hydroxylation is 1. The predicted octanol–water partition coefficient (Wildman–Crippen LogP) is 2.75. The van der Waals surface area contributed by atoms with Crippen LogP contribution in [0.4, 0.5) is 0 Å². The lowest BCUT2D eigenvalue weighted by Crippen LogP contribution is -2.38. The SMILES string of the molecule is CCOCCCCNC(=NC)NCCCOc1ccc(C)cc1.